The number of hydrogen-bond acceptors (Lipinski definition) is 6. The molecule has 1 aromatic carbocycles. The predicted molar refractivity (Wildman–Crippen MR) is 121 cm³/mol. The number of carbonyl (C=O) groups excluding carboxylic acids is 3. The van der Waals surface area contributed by atoms with Crippen LogP contribution in [0.5, 0.6) is 0 Å². The molecule has 5 atom stereocenters. The molecular formula is C23H23ClN2O5S. The lowest BCUT2D eigenvalue weighted by atomic mass is 9.78. The summed E-state index contributed by atoms with van der Waals surface area (Å²) in [6, 6.07) is 6.31. The number of nitrogens with zero attached hydrogens (tertiary/aromatic N) is 2. The second-order valence-electron chi connectivity index (χ2n) is 8.31. The Balaban J connectivity index is 1.62. The minimum atomic E-state index is -0.893. The van der Waals surface area contributed by atoms with E-state index in [0.717, 1.165) is 0 Å². The third-order valence-electron chi connectivity index (χ3n) is 6.61. The number of esters is 1. The topological polar surface area (TPSA) is 87.2 Å². The first-order valence-corrected chi connectivity index (χ1v) is 11.9. The normalized spacial score (nSPS) is 33.5. The maximum Gasteiger partial charge on any atom is 0.311 e. The summed E-state index contributed by atoms with van der Waals surface area (Å²) < 4.78 is 4.45. The number of cyclic esters (lactones) is 1. The molecule has 168 valence electrons. The number of thioether (sulfide) groups is 1. The van der Waals surface area contributed by atoms with Crippen molar-refractivity contribution >= 4 is 46.8 Å². The van der Waals surface area contributed by atoms with Gasteiger partial charge in [-0.3, -0.25) is 14.4 Å². The van der Waals surface area contributed by atoms with Crippen LogP contribution in [0, 0.1) is 11.8 Å². The lowest BCUT2D eigenvalue weighted by Gasteiger charge is -2.35. The fourth-order valence-electron chi connectivity index (χ4n) is 5.34. The van der Waals surface area contributed by atoms with Crippen LogP contribution in [0.15, 0.2) is 48.6 Å². The highest BCUT2D eigenvalue weighted by molar-refractivity contribution is 8.02. The van der Waals surface area contributed by atoms with Gasteiger partial charge in [0.2, 0.25) is 5.91 Å². The number of anilines is 1. The van der Waals surface area contributed by atoms with E-state index in [1.165, 1.54) is 11.8 Å². The maximum absolute atomic E-state index is 14.0. The van der Waals surface area contributed by atoms with Crippen LogP contribution in [0.1, 0.15) is 6.42 Å². The second kappa shape index (κ2) is 8.24. The number of carbonyl (C=O) groups is 3. The van der Waals surface area contributed by atoms with Crippen LogP contribution in [0.3, 0.4) is 0 Å². The third-order valence-corrected chi connectivity index (χ3v) is 8.68. The Morgan fingerprint density at radius 2 is 2.00 bits per heavy atom. The Morgan fingerprint density at radius 1 is 1.19 bits per heavy atom. The average Bonchev–Trinajstić information content (AvgIpc) is 3.07. The molecule has 0 aliphatic carbocycles. The van der Waals surface area contributed by atoms with E-state index in [1.54, 1.807) is 34.1 Å². The fourth-order valence-corrected chi connectivity index (χ4v) is 7.58. The molecule has 4 heterocycles. The van der Waals surface area contributed by atoms with Gasteiger partial charge in [0, 0.05) is 24.9 Å². The van der Waals surface area contributed by atoms with Crippen LogP contribution >= 0.6 is 23.4 Å². The largest absolute Gasteiger partial charge is 0.461 e. The third kappa shape index (κ3) is 3.11. The van der Waals surface area contributed by atoms with Crippen molar-refractivity contribution in [3.63, 3.8) is 0 Å². The van der Waals surface area contributed by atoms with Gasteiger partial charge in [-0.05, 0) is 18.6 Å². The van der Waals surface area contributed by atoms with Gasteiger partial charge in [-0.1, -0.05) is 48.0 Å². The number of aliphatic hydroxyl groups is 1. The van der Waals surface area contributed by atoms with Crippen molar-refractivity contribution in [1.82, 2.24) is 4.90 Å². The molecule has 1 spiro atoms. The standard InChI is InChI=1S/C23H23ClN2O5S/c24-14-6-1-2-7-15(14)25-10-4-9-23-18(17-16(32-23)8-3-13-31-22(17)30)20(28)26(11-5-12-27)19(23)21(25)29/h1-4,6-9,16-19,27H,5,10-13H2/t16-,17+,18-,19?,23-/m0/s1. The van der Waals surface area contributed by atoms with Gasteiger partial charge in [0.25, 0.3) is 5.91 Å². The van der Waals surface area contributed by atoms with Crippen LogP contribution in [0.2, 0.25) is 5.02 Å². The Morgan fingerprint density at radius 3 is 2.78 bits per heavy atom. The quantitative estimate of drug-likeness (QED) is 0.531. The summed E-state index contributed by atoms with van der Waals surface area (Å²) in [6.45, 7) is 0.631. The zero-order chi connectivity index (χ0) is 22.5. The van der Waals surface area contributed by atoms with E-state index in [4.69, 9.17) is 16.3 Å². The molecule has 1 N–H and O–H groups in total. The lowest BCUT2D eigenvalue weighted by molar-refractivity contribution is -0.151. The van der Waals surface area contributed by atoms with Gasteiger partial charge in [0.15, 0.2) is 0 Å². The molecular weight excluding hydrogens is 452 g/mol. The molecule has 4 aliphatic heterocycles. The highest BCUT2D eigenvalue weighted by atomic mass is 35.5. The van der Waals surface area contributed by atoms with Crippen molar-refractivity contribution in [2.75, 3.05) is 31.2 Å². The Hall–Kier alpha value is -2.29. The first-order valence-electron chi connectivity index (χ1n) is 10.7. The van der Waals surface area contributed by atoms with Crippen molar-refractivity contribution < 1.29 is 24.2 Å². The number of rotatable bonds is 4. The van der Waals surface area contributed by atoms with Gasteiger partial charge >= 0.3 is 5.97 Å². The number of aliphatic hydroxyl groups excluding tert-OH is 1. The second-order valence-corrected chi connectivity index (χ2v) is 10.2. The number of benzene rings is 1. The number of likely N-dealkylation sites (tertiary alicyclic amines) is 1. The highest BCUT2D eigenvalue weighted by Gasteiger charge is 2.71. The zero-order valence-corrected chi connectivity index (χ0v) is 18.8. The van der Waals surface area contributed by atoms with Gasteiger partial charge in [-0.25, -0.2) is 0 Å². The molecule has 4 aliphatic rings. The van der Waals surface area contributed by atoms with Crippen molar-refractivity contribution in [1.29, 1.82) is 0 Å². The summed E-state index contributed by atoms with van der Waals surface area (Å²) in [4.78, 5) is 43.7. The number of hydrogen-bond donors (Lipinski definition) is 1. The van der Waals surface area contributed by atoms with Gasteiger partial charge < -0.3 is 19.6 Å². The van der Waals surface area contributed by atoms with E-state index >= 15 is 0 Å². The van der Waals surface area contributed by atoms with Crippen molar-refractivity contribution in [2.45, 2.75) is 22.5 Å². The van der Waals surface area contributed by atoms with Crippen LogP contribution in [-0.2, 0) is 19.1 Å². The first-order chi connectivity index (χ1) is 15.5. The summed E-state index contributed by atoms with van der Waals surface area (Å²) >= 11 is 7.90. The molecule has 0 saturated carbocycles. The minimum Gasteiger partial charge on any atom is -0.461 e. The van der Waals surface area contributed by atoms with Gasteiger partial charge in [0.05, 0.1) is 27.3 Å². The van der Waals surface area contributed by atoms with Crippen molar-refractivity contribution in [3.05, 3.63) is 53.6 Å². The van der Waals surface area contributed by atoms with E-state index in [0.29, 0.717) is 23.7 Å². The molecule has 1 unspecified atom stereocenters. The summed E-state index contributed by atoms with van der Waals surface area (Å²) in [7, 11) is 0. The van der Waals surface area contributed by atoms with E-state index in [9.17, 15) is 19.5 Å². The zero-order valence-electron chi connectivity index (χ0n) is 17.2. The van der Waals surface area contributed by atoms with Crippen LogP contribution < -0.4 is 4.90 Å². The molecule has 7 nitrogen and oxygen atoms in total. The van der Waals surface area contributed by atoms with Gasteiger partial charge in [0.1, 0.15) is 12.6 Å². The van der Waals surface area contributed by atoms with E-state index in [-0.39, 0.29) is 36.8 Å². The molecule has 2 saturated heterocycles. The number of para-hydroxylation sites is 1. The molecule has 9 heteroatoms. The summed E-state index contributed by atoms with van der Waals surface area (Å²) in [6.07, 6.45) is 7.90. The minimum absolute atomic E-state index is 0.101. The Kier molecular flexibility index (Phi) is 5.55. The van der Waals surface area contributed by atoms with Crippen molar-refractivity contribution in [3.8, 4) is 0 Å². The maximum atomic E-state index is 14.0. The average molecular weight is 475 g/mol. The molecule has 0 bridgehead atoms. The molecule has 5 rings (SSSR count). The SMILES string of the molecule is O=C1OCC=C[C@@H]2S[C@]34C=CCN(c5ccccc5Cl)C(=O)C3N(CCCO)C(=O)[C@@H]4[C@H]12. The lowest BCUT2D eigenvalue weighted by Crippen LogP contribution is -2.53. The summed E-state index contributed by atoms with van der Waals surface area (Å²) in [5.41, 5.74) is 0.579. The van der Waals surface area contributed by atoms with E-state index in [1.807, 2.05) is 24.3 Å². The summed E-state index contributed by atoms with van der Waals surface area (Å²) in [5, 5.41) is 9.61. The van der Waals surface area contributed by atoms with Crippen LogP contribution in [0.4, 0.5) is 5.69 Å². The van der Waals surface area contributed by atoms with Gasteiger partial charge in [-0.15, -0.1) is 11.8 Å². The monoisotopic (exact) mass is 474 g/mol. The fraction of sp³-hybridized carbons (Fsp3) is 0.435. The predicted octanol–water partition coefficient (Wildman–Crippen LogP) is 2.04. The first kappa shape index (κ1) is 21.6. The van der Waals surface area contributed by atoms with E-state index < -0.39 is 28.6 Å². The number of amides is 2. The van der Waals surface area contributed by atoms with E-state index in [2.05, 4.69) is 0 Å². The van der Waals surface area contributed by atoms with Crippen molar-refractivity contribution in [2.24, 2.45) is 11.8 Å². The number of ether oxygens (including phenoxy) is 1. The molecule has 2 fully saturated rings. The van der Waals surface area contributed by atoms with Gasteiger partial charge in [-0.2, -0.15) is 0 Å². The Bertz CT molecular complexity index is 1030. The molecule has 0 radical (unpaired) electrons. The van der Waals surface area contributed by atoms with Crippen LogP contribution in [-0.4, -0.2) is 70.1 Å². The Labute approximate surface area is 195 Å². The number of halogens is 1. The molecule has 1 aromatic rings. The molecule has 32 heavy (non-hydrogen) atoms. The molecule has 0 aromatic heterocycles. The smallest absolute Gasteiger partial charge is 0.311 e. The van der Waals surface area contributed by atoms with Crippen LogP contribution in [0.25, 0.3) is 0 Å². The number of fused-ring (bicyclic) bond motifs is 2. The highest BCUT2D eigenvalue weighted by Crippen LogP contribution is 2.61. The molecule has 2 amide bonds. The summed E-state index contributed by atoms with van der Waals surface area (Å²) in [5.74, 6) is -2.24.